The Morgan fingerprint density at radius 3 is 2.70 bits per heavy atom. The lowest BCUT2D eigenvalue weighted by Crippen LogP contribution is -2.43. The second kappa shape index (κ2) is 6.91. The molecule has 6 nitrogen and oxygen atoms in total. The second-order valence-electron chi connectivity index (χ2n) is 4.46. The van der Waals surface area contributed by atoms with E-state index < -0.39 is 0 Å². The van der Waals surface area contributed by atoms with Gasteiger partial charge in [-0.2, -0.15) is 0 Å². The summed E-state index contributed by atoms with van der Waals surface area (Å²) in [7, 11) is 0. The van der Waals surface area contributed by atoms with Crippen molar-refractivity contribution in [3.8, 4) is 5.75 Å². The van der Waals surface area contributed by atoms with Crippen LogP contribution in [0.4, 0.5) is 5.69 Å². The minimum Gasteiger partial charge on any atom is -0.482 e. The summed E-state index contributed by atoms with van der Waals surface area (Å²) in [5, 5.41) is 2.67. The summed E-state index contributed by atoms with van der Waals surface area (Å²) in [5.74, 6) is 0.232. The SMILES string of the molecule is CC(=O)Nc1ccccc1OCC(=O)N1CCOCC1. The standard InChI is InChI=1S/C14H18N2O4/c1-11(17)15-12-4-2-3-5-13(12)20-10-14(18)16-6-8-19-9-7-16/h2-5H,6-10H2,1H3,(H,15,17). The molecular formula is C14H18N2O4. The summed E-state index contributed by atoms with van der Waals surface area (Å²) in [6, 6.07) is 7.04. The van der Waals surface area contributed by atoms with E-state index in [-0.39, 0.29) is 18.4 Å². The Kier molecular flexibility index (Phi) is 4.95. The molecule has 0 radical (unpaired) electrons. The number of para-hydroxylation sites is 2. The van der Waals surface area contributed by atoms with Crippen molar-refractivity contribution in [2.45, 2.75) is 6.92 Å². The highest BCUT2D eigenvalue weighted by Crippen LogP contribution is 2.23. The van der Waals surface area contributed by atoms with Crippen LogP contribution in [0.1, 0.15) is 6.92 Å². The fraction of sp³-hybridized carbons (Fsp3) is 0.429. The van der Waals surface area contributed by atoms with E-state index >= 15 is 0 Å². The number of ether oxygens (including phenoxy) is 2. The predicted octanol–water partition coefficient (Wildman–Crippen LogP) is 0.883. The molecule has 2 amide bonds. The van der Waals surface area contributed by atoms with Gasteiger partial charge in [-0.1, -0.05) is 12.1 Å². The summed E-state index contributed by atoms with van der Waals surface area (Å²) in [4.78, 5) is 24.8. The average molecular weight is 278 g/mol. The van der Waals surface area contributed by atoms with Crippen molar-refractivity contribution in [1.29, 1.82) is 0 Å². The number of anilines is 1. The molecule has 1 heterocycles. The maximum atomic E-state index is 12.0. The first-order chi connectivity index (χ1) is 9.66. The first kappa shape index (κ1) is 14.3. The zero-order chi connectivity index (χ0) is 14.4. The fourth-order valence-electron chi connectivity index (χ4n) is 1.93. The lowest BCUT2D eigenvalue weighted by atomic mass is 10.3. The number of benzene rings is 1. The molecule has 1 aliphatic heterocycles. The summed E-state index contributed by atoms with van der Waals surface area (Å²) >= 11 is 0. The highest BCUT2D eigenvalue weighted by molar-refractivity contribution is 5.90. The molecule has 108 valence electrons. The van der Waals surface area contributed by atoms with Crippen LogP contribution in [-0.4, -0.2) is 49.6 Å². The fourth-order valence-corrected chi connectivity index (χ4v) is 1.93. The molecule has 2 rings (SSSR count). The number of hydrogen-bond donors (Lipinski definition) is 1. The first-order valence-corrected chi connectivity index (χ1v) is 6.52. The van der Waals surface area contributed by atoms with Crippen molar-refractivity contribution in [3.63, 3.8) is 0 Å². The normalized spacial score (nSPS) is 14.8. The number of carbonyl (C=O) groups is 2. The van der Waals surface area contributed by atoms with Crippen LogP contribution in [0.2, 0.25) is 0 Å². The zero-order valence-corrected chi connectivity index (χ0v) is 11.4. The molecule has 0 bridgehead atoms. The van der Waals surface area contributed by atoms with E-state index in [0.717, 1.165) is 0 Å². The van der Waals surface area contributed by atoms with Crippen LogP contribution in [0.15, 0.2) is 24.3 Å². The Labute approximate surface area is 117 Å². The maximum Gasteiger partial charge on any atom is 0.260 e. The monoisotopic (exact) mass is 278 g/mol. The van der Waals surface area contributed by atoms with E-state index in [4.69, 9.17) is 9.47 Å². The Hall–Kier alpha value is -2.08. The predicted molar refractivity (Wildman–Crippen MR) is 73.6 cm³/mol. The van der Waals surface area contributed by atoms with Crippen LogP contribution in [0.5, 0.6) is 5.75 Å². The molecule has 6 heteroatoms. The molecule has 0 spiro atoms. The van der Waals surface area contributed by atoms with Crippen molar-refractivity contribution in [2.24, 2.45) is 0 Å². The molecule has 0 saturated carbocycles. The lowest BCUT2D eigenvalue weighted by molar-refractivity contribution is -0.137. The number of rotatable bonds is 4. The molecule has 1 aromatic carbocycles. The number of carbonyl (C=O) groups excluding carboxylic acids is 2. The quantitative estimate of drug-likeness (QED) is 0.888. The van der Waals surface area contributed by atoms with Crippen molar-refractivity contribution >= 4 is 17.5 Å². The van der Waals surface area contributed by atoms with Gasteiger partial charge in [-0.15, -0.1) is 0 Å². The van der Waals surface area contributed by atoms with E-state index in [1.54, 1.807) is 29.2 Å². The molecule has 0 atom stereocenters. The van der Waals surface area contributed by atoms with Crippen LogP contribution in [0, 0.1) is 0 Å². The molecule has 1 aliphatic rings. The third-order valence-electron chi connectivity index (χ3n) is 2.91. The van der Waals surface area contributed by atoms with Crippen molar-refractivity contribution < 1.29 is 19.1 Å². The van der Waals surface area contributed by atoms with Gasteiger partial charge in [-0.3, -0.25) is 9.59 Å². The highest BCUT2D eigenvalue weighted by Gasteiger charge is 2.17. The molecule has 1 aromatic rings. The molecule has 20 heavy (non-hydrogen) atoms. The third kappa shape index (κ3) is 3.96. The molecule has 0 unspecified atom stereocenters. The van der Waals surface area contributed by atoms with E-state index in [1.807, 2.05) is 0 Å². The van der Waals surface area contributed by atoms with Gasteiger partial charge in [0.1, 0.15) is 5.75 Å². The lowest BCUT2D eigenvalue weighted by Gasteiger charge is -2.26. The van der Waals surface area contributed by atoms with Crippen LogP contribution in [-0.2, 0) is 14.3 Å². The molecule has 1 saturated heterocycles. The summed E-state index contributed by atoms with van der Waals surface area (Å²) in [6.07, 6.45) is 0. The zero-order valence-electron chi connectivity index (χ0n) is 11.4. The Morgan fingerprint density at radius 1 is 1.30 bits per heavy atom. The van der Waals surface area contributed by atoms with Crippen molar-refractivity contribution in [2.75, 3.05) is 38.2 Å². The first-order valence-electron chi connectivity index (χ1n) is 6.52. The molecule has 1 fully saturated rings. The Bertz CT molecular complexity index is 484. The van der Waals surface area contributed by atoms with Gasteiger partial charge in [-0.25, -0.2) is 0 Å². The van der Waals surface area contributed by atoms with Gasteiger partial charge in [0, 0.05) is 20.0 Å². The van der Waals surface area contributed by atoms with Crippen LogP contribution >= 0.6 is 0 Å². The van der Waals surface area contributed by atoms with Gasteiger partial charge >= 0.3 is 0 Å². The number of nitrogens with one attached hydrogen (secondary N) is 1. The van der Waals surface area contributed by atoms with E-state index in [0.29, 0.717) is 37.7 Å². The van der Waals surface area contributed by atoms with Gasteiger partial charge < -0.3 is 19.7 Å². The Morgan fingerprint density at radius 2 is 2.00 bits per heavy atom. The van der Waals surface area contributed by atoms with Gasteiger partial charge in [-0.05, 0) is 12.1 Å². The minimum atomic E-state index is -0.180. The van der Waals surface area contributed by atoms with Crippen molar-refractivity contribution in [1.82, 2.24) is 4.90 Å². The topological polar surface area (TPSA) is 67.9 Å². The average Bonchev–Trinajstić information content (AvgIpc) is 2.46. The maximum absolute atomic E-state index is 12.0. The summed E-state index contributed by atoms with van der Waals surface area (Å²) < 4.78 is 10.7. The van der Waals surface area contributed by atoms with Crippen LogP contribution < -0.4 is 10.1 Å². The van der Waals surface area contributed by atoms with E-state index in [2.05, 4.69) is 5.32 Å². The molecule has 1 N–H and O–H groups in total. The smallest absolute Gasteiger partial charge is 0.260 e. The van der Waals surface area contributed by atoms with Gasteiger partial charge in [0.25, 0.3) is 5.91 Å². The third-order valence-corrected chi connectivity index (χ3v) is 2.91. The second-order valence-corrected chi connectivity index (χ2v) is 4.46. The van der Waals surface area contributed by atoms with Crippen LogP contribution in [0.3, 0.4) is 0 Å². The number of hydrogen-bond acceptors (Lipinski definition) is 4. The number of nitrogens with zero attached hydrogens (tertiary/aromatic N) is 1. The molecule has 0 aromatic heterocycles. The summed E-state index contributed by atoms with van der Waals surface area (Å²) in [6.45, 7) is 3.69. The van der Waals surface area contributed by atoms with Gasteiger partial charge in [0.15, 0.2) is 6.61 Å². The molecular weight excluding hydrogens is 260 g/mol. The largest absolute Gasteiger partial charge is 0.482 e. The van der Waals surface area contributed by atoms with Gasteiger partial charge in [0.05, 0.1) is 18.9 Å². The highest BCUT2D eigenvalue weighted by atomic mass is 16.5. The van der Waals surface area contributed by atoms with Crippen molar-refractivity contribution in [3.05, 3.63) is 24.3 Å². The van der Waals surface area contributed by atoms with Gasteiger partial charge in [0.2, 0.25) is 5.91 Å². The molecule has 0 aliphatic carbocycles. The van der Waals surface area contributed by atoms with E-state index in [9.17, 15) is 9.59 Å². The Balaban J connectivity index is 1.92. The number of amides is 2. The minimum absolute atomic E-state index is 0.0450. The summed E-state index contributed by atoms with van der Waals surface area (Å²) in [5.41, 5.74) is 0.565. The van der Waals surface area contributed by atoms with E-state index in [1.165, 1.54) is 6.92 Å². The van der Waals surface area contributed by atoms with Crippen LogP contribution in [0.25, 0.3) is 0 Å². The number of morpholine rings is 1.